The molecule has 0 saturated carbocycles. The molecule has 0 unspecified atom stereocenters. The van der Waals surface area contributed by atoms with Crippen molar-refractivity contribution in [2.45, 2.75) is 134 Å². The minimum atomic E-state index is -4.87. The molecule has 0 radical (unpaired) electrons. The molecule has 3 aliphatic rings. The number of rotatable bonds is 22. The van der Waals surface area contributed by atoms with E-state index in [0.29, 0.717) is 17.6 Å². The van der Waals surface area contributed by atoms with Gasteiger partial charge in [0.2, 0.25) is 0 Å². The Balaban J connectivity index is 0.000000184. The Morgan fingerprint density at radius 2 is 0.714 bits per heavy atom. The van der Waals surface area contributed by atoms with Crippen molar-refractivity contribution in [2.75, 3.05) is 95.3 Å². The quantitative estimate of drug-likeness (QED) is 0.0322. The summed E-state index contributed by atoms with van der Waals surface area (Å²) in [5.74, 6) is -8.10. The second-order valence-corrected chi connectivity index (χ2v) is 34.7. The molecule has 12 heterocycles. The number of imidazole rings is 3. The van der Waals surface area contributed by atoms with Crippen molar-refractivity contribution >= 4 is 63.7 Å². The van der Waals surface area contributed by atoms with Crippen LogP contribution in [0.5, 0.6) is 0 Å². The van der Waals surface area contributed by atoms with E-state index >= 15 is 13.2 Å². The lowest BCUT2D eigenvalue weighted by Crippen LogP contribution is -2.53. The first kappa shape index (κ1) is 110. The van der Waals surface area contributed by atoms with E-state index in [4.69, 9.17) is 28.4 Å². The Labute approximate surface area is 820 Å². The summed E-state index contributed by atoms with van der Waals surface area (Å²) in [5, 5.41) is 7.49. The number of pyridine rings is 6. The van der Waals surface area contributed by atoms with Crippen LogP contribution in [0.4, 0.5) is 109 Å². The van der Waals surface area contributed by atoms with Gasteiger partial charge in [-0.1, -0.05) is 6.58 Å². The molecule has 147 heavy (non-hydrogen) atoms. The molecule has 6 atom stereocenters. The van der Waals surface area contributed by atoms with Crippen LogP contribution in [0.2, 0.25) is 0 Å². The van der Waals surface area contributed by atoms with Gasteiger partial charge in [0.25, 0.3) is 34.4 Å². The van der Waals surface area contributed by atoms with Crippen LogP contribution in [0.1, 0.15) is 98.4 Å². The standard InChI is InChI=1S/C33H32F7N5O4.2C32H30F7N5O5/c1-17-12-21(44-10-11-49-16-26(44)33(38,39)40)13-24(34)27(17)30(46)42-25(19(3)48-5)14-20-6-7-22(29-41-8-9-45(20)29)28-18(2)23(32(35,36)37)15-43(4)31(28)47;1-16-11-19(43-9-10-49-15-24(43)32(37,38)39)12-22(33)25(16)28(45)41-23(30(47)48-4)13-18-5-6-20(27-40-7-8-44(18)27)26-17(2)21(31(34,35)36)14-42(3)29(26)46;1-16-11-19(43-9-10-49-15-24(43)32(37,38)39)13-22(33)25(16)28(45)41-23(30(47)48-4)14-18-5-6-20(27-40-7-8-44(18)27)26-21(31(34,35)36)12-17(2)42(3)29(26)46/h6-9,12-13,15,25-26H,3,10-11,14,16H2,1-2,4-5H3,(H,42,46);5-8,11-12,14,23-24H,9-10,13,15H2,1-4H3,(H,41,45);5-8,11-13,23-24H,9-10,14-15H2,1-4H3,(H,41,45)/t25-,26+;2*23-,24+/m000/s1. The second-order valence-electron chi connectivity index (χ2n) is 34.7. The first-order chi connectivity index (χ1) is 68.8. The predicted octanol–water partition coefficient (Wildman–Crippen LogP) is 15.3. The Bertz CT molecular complexity index is 6950. The number of aryl methyl sites for hydroxylation is 6. The maximum Gasteiger partial charge on any atom is 0.418 e. The predicted molar refractivity (Wildman–Crippen MR) is 489 cm³/mol. The highest BCUT2D eigenvalue weighted by molar-refractivity contribution is 6.00. The van der Waals surface area contributed by atoms with E-state index in [0.717, 1.165) is 73.1 Å². The fraction of sp³-hybridized carbons (Fsp3) is 0.371. The van der Waals surface area contributed by atoms with Gasteiger partial charge in [0.15, 0.2) is 0 Å². The maximum absolute atomic E-state index is 15.5. The van der Waals surface area contributed by atoms with Gasteiger partial charge < -0.3 is 86.0 Å². The van der Waals surface area contributed by atoms with Crippen LogP contribution >= 0.6 is 0 Å². The molecular formula is C97H92F21N15O14. The van der Waals surface area contributed by atoms with E-state index in [1.165, 1.54) is 169 Å². The topological polar surface area (TPSA) is 304 Å². The van der Waals surface area contributed by atoms with Crippen LogP contribution in [0, 0.1) is 59.0 Å². The summed E-state index contributed by atoms with van der Waals surface area (Å²) in [6.45, 7) is 9.26. The highest BCUT2D eigenvalue weighted by Crippen LogP contribution is 2.44. The third-order valence-corrected chi connectivity index (χ3v) is 25.4. The van der Waals surface area contributed by atoms with Gasteiger partial charge in [-0.25, -0.2) is 37.7 Å². The third kappa shape index (κ3) is 22.9. The smallest absolute Gasteiger partial charge is 0.418 e. The highest BCUT2D eigenvalue weighted by Gasteiger charge is 2.50. The number of fused-ring (bicyclic) bond motifs is 3. The second kappa shape index (κ2) is 42.8. The summed E-state index contributed by atoms with van der Waals surface area (Å²) in [6.07, 6.45) is -19.1. The average molecular weight is 2090 g/mol. The number of nitrogens with one attached hydrogen (secondary N) is 3. The van der Waals surface area contributed by atoms with E-state index < -0.39 is 196 Å². The first-order valence-corrected chi connectivity index (χ1v) is 44.4. The minimum Gasteiger partial charge on any atom is -0.500 e. The lowest BCUT2D eigenvalue weighted by Gasteiger charge is -2.38. The molecule has 3 N–H and O–H groups in total. The van der Waals surface area contributed by atoms with Gasteiger partial charge in [0, 0.05) is 166 Å². The third-order valence-electron chi connectivity index (χ3n) is 25.4. The number of carbonyl (C=O) groups is 5. The number of alkyl halides is 18. The van der Waals surface area contributed by atoms with Gasteiger partial charge in [-0.2, -0.15) is 79.0 Å². The molecule has 15 rings (SSSR count). The van der Waals surface area contributed by atoms with Gasteiger partial charge in [-0.15, -0.1) is 0 Å². The Morgan fingerprint density at radius 1 is 0.415 bits per heavy atom. The number of benzene rings is 3. The molecule has 3 amide bonds. The van der Waals surface area contributed by atoms with Crippen LogP contribution in [-0.2, 0) is 96.9 Å². The number of esters is 2. The van der Waals surface area contributed by atoms with Crippen LogP contribution in [0.25, 0.3) is 50.3 Å². The van der Waals surface area contributed by atoms with E-state index in [1.807, 2.05) is 0 Å². The fourth-order valence-electron chi connectivity index (χ4n) is 17.9. The van der Waals surface area contributed by atoms with E-state index in [2.05, 4.69) is 37.5 Å². The molecule has 29 nitrogen and oxygen atoms in total. The molecule has 50 heteroatoms. The van der Waals surface area contributed by atoms with Crippen LogP contribution in [0.3, 0.4) is 0 Å². The normalized spacial score (nSPS) is 16.1. The Kier molecular flexibility index (Phi) is 31.9. The number of aromatic nitrogens is 9. The summed E-state index contributed by atoms with van der Waals surface area (Å²) >= 11 is 0. The fourth-order valence-corrected chi connectivity index (χ4v) is 17.9. The summed E-state index contributed by atoms with van der Waals surface area (Å²) in [5.41, 5.74) is -7.19. The zero-order valence-electron chi connectivity index (χ0n) is 79.8. The maximum atomic E-state index is 15.5. The first-order valence-electron chi connectivity index (χ1n) is 44.4. The number of hydrogen-bond acceptors (Lipinski definition) is 20. The summed E-state index contributed by atoms with van der Waals surface area (Å²) in [6, 6.07) is 5.64. The van der Waals surface area contributed by atoms with Crippen molar-refractivity contribution in [3.63, 3.8) is 0 Å². The molecule has 3 saturated heterocycles. The molecule has 3 fully saturated rings. The largest absolute Gasteiger partial charge is 0.500 e. The van der Waals surface area contributed by atoms with Crippen molar-refractivity contribution in [2.24, 2.45) is 21.1 Å². The van der Waals surface area contributed by atoms with Crippen molar-refractivity contribution < 1.29 is 145 Å². The van der Waals surface area contributed by atoms with E-state index in [1.54, 1.807) is 6.07 Å². The summed E-state index contributed by atoms with van der Waals surface area (Å²) in [7, 11) is 7.17. The van der Waals surface area contributed by atoms with Crippen LogP contribution < -0.4 is 47.3 Å². The molecule has 0 spiro atoms. The zero-order chi connectivity index (χ0) is 108. The molecule has 9 aromatic heterocycles. The van der Waals surface area contributed by atoms with Gasteiger partial charge in [0.05, 0.1) is 117 Å². The number of ether oxygens (including phenoxy) is 6. The summed E-state index contributed by atoms with van der Waals surface area (Å²) < 4.78 is 331. The van der Waals surface area contributed by atoms with Crippen LogP contribution in [-0.4, -0.2) is 207 Å². The number of nitrogens with zero attached hydrogens (tertiary/aromatic N) is 12. The number of methoxy groups -OCH3 is 3. The van der Waals surface area contributed by atoms with Gasteiger partial charge in [0.1, 0.15) is 70.4 Å². The summed E-state index contributed by atoms with van der Waals surface area (Å²) in [4.78, 5) is 121. The molecule has 12 aromatic rings. The Hall–Kier alpha value is -14.7. The minimum absolute atomic E-state index is 0.00271. The molecule has 3 aromatic carbocycles. The van der Waals surface area contributed by atoms with Crippen molar-refractivity contribution in [1.82, 2.24) is 57.8 Å². The zero-order valence-corrected chi connectivity index (χ0v) is 79.8. The monoisotopic (exact) mass is 2090 g/mol. The molecule has 3 aliphatic heterocycles. The Morgan fingerprint density at radius 3 is 1.00 bits per heavy atom. The van der Waals surface area contributed by atoms with Gasteiger partial charge in [-0.05, 0) is 148 Å². The molecular weight excluding hydrogens is 2000 g/mol. The molecule has 786 valence electrons. The van der Waals surface area contributed by atoms with Crippen molar-refractivity contribution in [3.8, 4) is 33.4 Å². The number of morpholine rings is 3. The van der Waals surface area contributed by atoms with Gasteiger partial charge >= 0.3 is 49.0 Å². The van der Waals surface area contributed by atoms with E-state index in [-0.39, 0.29) is 166 Å². The lowest BCUT2D eigenvalue weighted by atomic mass is 9.98. The van der Waals surface area contributed by atoms with Crippen LogP contribution in [0.15, 0.2) is 155 Å². The number of amides is 3. The lowest BCUT2D eigenvalue weighted by molar-refractivity contribution is -0.167. The van der Waals surface area contributed by atoms with E-state index in [9.17, 15) is 117 Å². The number of carbonyl (C=O) groups excluding carboxylic acids is 5. The molecule has 0 bridgehead atoms. The SMILES string of the molecule is C=C(OC)[C@H](Cc1ccc(-c2c(C)c(C(F)(F)F)cn(C)c2=O)c2nccn12)NC(=O)c1c(C)cc(N2CCOC[C@@H]2C(F)(F)F)cc1F.COC(=O)[C@H](Cc1ccc(-c2c(C(F)(F)F)cc(C)n(C)c2=O)c2nccn12)NC(=O)c1c(C)cc(N2CCOC[C@@H]2C(F)(F)F)cc1F.COC(=O)[C@H](Cc1ccc(-c2c(C)c(C(F)(F)F)cn(C)c2=O)c2nccn12)NC(=O)c1c(C)cc(N2CCOC[C@@H]2C(F)(F)F)cc1F. The molecule has 0 aliphatic carbocycles. The highest BCUT2D eigenvalue weighted by atomic mass is 19.4. The number of hydrogen-bond donors (Lipinski definition) is 3. The van der Waals surface area contributed by atoms with Gasteiger partial charge in [-0.3, -0.25) is 28.8 Å². The number of anilines is 3. The average Bonchev–Trinajstić information content (AvgIpc) is 1.73. The van der Waals surface area contributed by atoms with Crippen molar-refractivity contribution in [3.05, 3.63) is 273 Å². The number of halogens is 21. The van der Waals surface area contributed by atoms with Crippen molar-refractivity contribution in [1.29, 1.82) is 0 Å².